The Morgan fingerprint density at radius 2 is 1.56 bits per heavy atom. The first-order chi connectivity index (χ1) is 19.5. The SMILES string of the molecule is C[C@@H](NC(=O)OC(C)(C)C)[C@H](CNC(=O)OCc1ccccc1)CC(CCN1C(=O)c2ccccc2C1=O)C1CC1. The molecule has 1 aliphatic carbocycles. The Labute approximate surface area is 242 Å². The van der Waals surface area contributed by atoms with Crippen molar-refractivity contribution in [2.75, 3.05) is 13.1 Å². The smallest absolute Gasteiger partial charge is 0.407 e. The molecule has 9 heteroatoms. The van der Waals surface area contributed by atoms with Gasteiger partial charge in [-0.25, -0.2) is 9.59 Å². The summed E-state index contributed by atoms with van der Waals surface area (Å²) < 4.78 is 10.9. The molecule has 0 aromatic heterocycles. The van der Waals surface area contributed by atoms with Crippen molar-refractivity contribution in [3.63, 3.8) is 0 Å². The Morgan fingerprint density at radius 3 is 2.15 bits per heavy atom. The van der Waals surface area contributed by atoms with Gasteiger partial charge in [0.1, 0.15) is 12.2 Å². The predicted octanol–water partition coefficient (Wildman–Crippen LogP) is 5.54. The van der Waals surface area contributed by atoms with Gasteiger partial charge in [-0.1, -0.05) is 42.5 Å². The standard InChI is InChI=1S/C32H41N3O6/c1-21(34-31(39)41-32(2,3)4)25(19-33-30(38)40-20-22-10-6-5-7-11-22)18-24(23-14-15-23)16-17-35-28(36)26-12-8-9-13-27(26)29(35)37/h5-13,21,23-25H,14-20H2,1-4H3,(H,33,38)(H,34,39)/t21-,24?,25+/m1/s1. The summed E-state index contributed by atoms with van der Waals surface area (Å²) in [6.07, 6.45) is 2.47. The number of ether oxygens (including phenoxy) is 2. The number of alkyl carbamates (subject to hydrolysis) is 2. The fourth-order valence-corrected chi connectivity index (χ4v) is 5.30. The Kier molecular flexibility index (Phi) is 9.68. The summed E-state index contributed by atoms with van der Waals surface area (Å²) in [5, 5.41) is 5.81. The molecule has 1 saturated carbocycles. The molecular weight excluding hydrogens is 522 g/mol. The van der Waals surface area contributed by atoms with Crippen LogP contribution < -0.4 is 10.6 Å². The number of fused-ring (bicyclic) bond motifs is 1. The lowest BCUT2D eigenvalue weighted by atomic mass is 9.84. The van der Waals surface area contributed by atoms with Crippen LogP contribution in [0.4, 0.5) is 9.59 Å². The first kappa shape index (κ1) is 30.1. The summed E-state index contributed by atoms with van der Waals surface area (Å²) >= 11 is 0. The van der Waals surface area contributed by atoms with E-state index in [0.29, 0.717) is 43.0 Å². The van der Waals surface area contributed by atoms with Gasteiger partial charge in [0.15, 0.2) is 0 Å². The van der Waals surface area contributed by atoms with E-state index in [1.165, 1.54) is 4.90 Å². The number of carbonyl (C=O) groups is 4. The molecule has 41 heavy (non-hydrogen) atoms. The second-order valence-corrected chi connectivity index (χ2v) is 12.1. The molecule has 220 valence electrons. The van der Waals surface area contributed by atoms with Crippen LogP contribution >= 0.6 is 0 Å². The summed E-state index contributed by atoms with van der Waals surface area (Å²) in [6, 6.07) is 16.1. The van der Waals surface area contributed by atoms with Crippen molar-refractivity contribution < 1.29 is 28.7 Å². The summed E-state index contributed by atoms with van der Waals surface area (Å²) in [5.41, 5.74) is 1.15. The molecule has 2 N–H and O–H groups in total. The van der Waals surface area contributed by atoms with Gasteiger partial charge in [-0.05, 0) is 88.8 Å². The van der Waals surface area contributed by atoms with Gasteiger partial charge in [-0.2, -0.15) is 0 Å². The van der Waals surface area contributed by atoms with Crippen LogP contribution in [0, 0.1) is 17.8 Å². The minimum absolute atomic E-state index is 0.125. The molecule has 2 aliphatic rings. The van der Waals surface area contributed by atoms with E-state index in [4.69, 9.17) is 9.47 Å². The van der Waals surface area contributed by atoms with Crippen LogP contribution in [0.25, 0.3) is 0 Å². The van der Waals surface area contributed by atoms with Crippen LogP contribution in [-0.4, -0.2) is 53.6 Å². The lowest BCUT2D eigenvalue weighted by Gasteiger charge is -2.30. The summed E-state index contributed by atoms with van der Waals surface area (Å²) in [4.78, 5) is 52.2. The zero-order valence-corrected chi connectivity index (χ0v) is 24.4. The van der Waals surface area contributed by atoms with Crippen molar-refractivity contribution in [3.05, 3.63) is 71.3 Å². The van der Waals surface area contributed by atoms with Crippen molar-refractivity contribution in [3.8, 4) is 0 Å². The quantitative estimate of drug-likeness (QED) is 0.328. The normalized spacial score (nSPS) is 16.9. The lowest BCUT2D eigenvalue weighted by molar-refractivity contribution is 0.0481. The fraction of sp³-hybridized carbons (Fsp3) is 0.500. The lowest BCUT2D eigenvalue weighted by Crippen LogP contribution is -2.46. The highest BCUT2D eigenvalue weighted by Gasteiger charge is 2.38. The van der Waals surface area contributed by atoms with Gasteiger partial charge in [0.2, 0.25) is 0 Å². The van der Waals surface area contributed by atoms with Crippen LogP contribution in [0.15, 0.2) is 54.6 Å². The molecule has 1 unspecified atom stereocenters. The minimum Gasteiger partial charge on any atom is -0.445 e. The molecule has 4 rings (SSSR count). The third-order valence-corrected chi connectivity index (χ3v) is 7.67. The number of amides is 4. The molecule has 2 aromatic rings. The van der Waals surface area contributed by atoms with Crippen LogP contribution in [0.2, 0.25) is 0 Å². The number of carbonyl (C=O) groups excluding carboxylic acids is 4. The summed E-state index contributed by atoms with van der Waals surface area (Å²) in [6.45, 7) is 8.11. The number of imide groups is 1. The number of hydrogen-bond donors (Lipinski definition) is 2. The molecule has 1 aliphatic heterocycles. The predicted molar refractivity (Wildman–Crippen MR) is 154 cm³/mol. The van der Waals surface area contributed by atoms with Crippen molar-refractivity contribution in [1.82, 2.24) is 15.5 Å². The van der Waals surface area contributed by atoms with Crippen molar-refractivity contribution in [2.24, 2.45) is 17.8 Å². The third kappa shape index (κ3) is 8.55. The first-order valence-electron chi connectivity index (χ1n) is 14.4. The second-order valence-electron chi connectivity index (χ2n) is 12.1. The van der Waals surface area contributed by atoms with E-state index in [-0.39, 0.29) is 36.3 Å². The van der Waals surface area contributed by atoms with E-state index < -0.39 is 17.8 Å². The van der Waals surface area contributed by atoms with Gasteiger partial charge in [0.05, 0.1) is 11.1 Å². The molecule has 0 bridgehead atoms. The second kappa shape index (κ2) is 13.2. The van der Waals surface area contributed by atoms with Crippen molar-refractivity contribution >= 4 is 24.0 Å². The van der Waals surface area contributed by atoms with E-state index in [2.05, 4.69) is 10.6 Å². The zero-order valence-electron chi connectivity index (χ0n) is 24.4. The van der Waals surface area contributed by atoms with Gasteiger partial charge in [0, 0.05) is 19.1 Å². The highest BCUT2D eigenvalue weighted by molar-refractivity contribution is 6.21. The topological polar surface area (TPSA) is 114 Å². The number of benzene rings is 2. The molecule has 1 heterocycles. The molecular formula is C32H41N3O6. The van der Waals surface area contributed by atoms with E-state index in [1.807, 2.05) is 37.3 Å². The molecule has 0 radical (unpaired) electrons. The maximum Gasteiger partial charge on any atom is 0.407 e. The van der Waals surface area contributed by atoms with Crippen LogP contribution in [0.3, 0.4) is 0 Å². The van der Waals surface area contributed by atoms with Crippen LogP contribution in [0.1, 0.15) is 79.7 Å². The van der Waals surface area contributed by atoms with Gasteiger partial charge >= 0.3 is 12.2 Å². The summed E-state index contributed by atoms with van der Waals surface area (Å²) in [5.74, 6) is 0.0688. The van der Waals surface area contributed by atoms with E-state index in [0.717, 1.165) is 18.4 Å². The van der Waals surface area contributed by atoms with Gasteiger partial charge < -0.3 is 20.1 Å². The highest BCUT2D eigenvalue weighted by atomic mass is 16.6. The molecule has 2 aromatic carbocycles. The minimum atomic E-state index is -0.637. The Bertz CT molecular complexity index is 1200. The Balaban J connectivity index is 1.39. The number of rotatable bonds is 12. The molecule has 1 fully saturated rings. The number of nitrogens with one attached hydrogen (secondary N) is 2. The fourth-order valence-electron chi connectivity index (χ4n) is 5.30. The average molecular weight is 564 g/mol. The molecule has 9 nitrogen and oxygen atoms in total. The van der Waals surface area contributed by atoms with Gasteiger partial charge in [0.25, 0.3) is 11.8 Å². The third-order valence-electron chi connectivity index (χ3n) is 7.67. The highest BCUT2D eigenvalue weighted by Crippen LogP contribution is 2.42. The van der Waals surface area contributed by atoms with Crippen LogP contribution in [0.5, 0.6) is 0 Å². The number of hydrogen-bond acceptors (Lipinski definition) is 6. The van der Waals surface area contributed by atoms with E-state index >= 15 is 0 Å². The van der Waals surface area contributed by atoms with Crippen molar-refractivity contribution in [2.45, 2.75) is 71.6 Å². The molecule has 0 spiro atoms. The maximum absolute atomic E-state index is 12.9. The van der Waals surface area contributed by atoms with Gasteiger partial charge in [-0.15, -0.1) is 0 Å². The number of nitrogens with zero attached hydrogens (tertiary/aromatic N) is 1. The van der Waals surface area contributed by atoms with E-state index in [9.17, 15) is 19.2 Å². The van der Waals surface area contributed by atoms with Crippen molar-refractivity contribution in [1.29, 1.82) is 0 Å². The largest absolute Gasteiger partial charge is 0.445 e. The maximum atomic E-state index is 12.9. The summed E-state index contributed by atoms with van der Waals surface area (Å²) in [7, 11) is 0. The van der Waals surface area contributed by atoms with Gasteiger partial charge in [-0.3, -0.25) is 14.5 Å². The molecule has 3 atom stereocenters. The van der Waals surface area contributed by atoms with E-state index in [1.54, 1.807) is 45.0 Å². The molecule has 4 amide bonds. The zero-order chi connectivity index (χ0) is 29.6. The monoisotopic (exact) mass is 563 g/mol. The average Bonchev–Trinajstić information content (AvgIpc) is 3.74. The Morgan fingerprint density at radius 1 is 0.951 bits per heavy atom. The first-order valence-corrected chi connectivity index (χ1v) is 14.4. The van der Waals surface area contributed by atoms with Crippen LogP contribution in [-0.2, 0) is 16.1 Å². The Hall–Kier alpha value is -3.88. The molecule has 0 saturated heterocycles.